The highest BCUT2D eigenvalue weighted by Crippen LogP contribution is 2.22. The number of hydrogen-bond acceptors (Lipinski definition) is 8. The maximum atomic E-state index is 8.92. The average molecular weight is 374 g/mol. The number of ether oxygens (including phenoxy) is 1. The summed E-state index contributed by atoms with van der Waals surface area (Å²) in [5.74, 6) is 1.83. The van der Waals surface area contributed by atoms with Crippen molar-refractivity contribution in [1.29, 1.82) is 5.26 Å². The third kappa shape index (κ3) is 3.99. The van der Waals surface area contributed by atoms with Crippen LogP contribution in [0, 0.1) is 11.3 Å². The van der Waals surface area contributed by atoms with E-state index in [2.05, 4.69) is 31.3 Å². The first kappa shape index (κ1) is 16.9. The number of nitrogens with one attached hydrogen (secondary N) is 1. The zero-order valence-corrected chi connectivity index (χ0v) is 15.0. The summed E-state index contributed by atoms with van der Waals surface area (Å²) in [6, 6.07) is 13.1. The number of rotatable bonds is 6. The van der Waals surface area contributed by atoms with E-state index in [1.54, 1.807) is 30.2 Å². The number of hydrogen-bond donors (Lipinski definition) is 1. The molecule has 1 N–H and O–H groups in total. The molecule has 3 heterocycles. The summed E-state index contributed by atoms with van der Waals surface area (Å²) in [5.41, 5.74) is 4.25. The van der Waals surface area contributed by atoms with E-state index >= 15 is 0 Å². The standard InChI is InChI=1S/C19H14N6OS/c20-10-14-6-7-21-16(9-14)26-15-3-1-13(2-4-15)5-8-22-18-17-19(24-11-23-18)27-12-25-17/h1-4,6-7,9,11-12H,5,8H2,(H,22,23,24). The van der Waals surface area contributed by atoms with Gasteiger partial charge in [-0.15, -0.1) is 11.3 Å². The quantitative estimate of drug-likeness (QED) is 0.548. The van der Waals surface area contributed by atoms with E-state index in [1.165, 1.54) is 11.3 Å². The van der Waals surface area contributed by atoms with Crippen molar-refractivity contribution in [3.05, 3.63) is 65.6 Å². The average Bonchev–Trinajstić information content (AvgIpc) is 3.19. The molecule has 0 atom stereocenters. The highest BCUT2D eigenvalue weighted by molar-refractivity contribution is 7.16. The van der Waals surface area contributed by atoms with Gasteiger partial charge in [0.15, 0.2) is 5.82 Å². The largest absolute Gasteiger partial charge is 0.439 e. The second-order valence-corrected chi connectivity index (χ2v) is 6.48. The SMILES string of the molecule is N#Cc1ccnc(Oc2ccc(CCNc3ncnc4scnc34)cc2)c1. The predicted molar refractivity (Wildman–Crippen MR) is 103 cm³/mol. The van der Waals surface area contributed by atoms with Crippen LogP contribution in [0.2, 0.25) is 0 Å². The fourth-order valence-corrected chi connectivity index (χ4v) is 3.16. The molecular weight excluding hydrogens is 360 g/mol. The van der Waals surface area contributed by atoms with E-state index in [0.29, 0.717) is 17.2 Å². The Hall–Kier alpha value is -3.57. The van der Waals surface area contributed by atoms with Crippen molar-refractivity contribution in [2.24, 2.45) is 0 Å². The Kier molecular flexibility index (Phi) is 4.85. The molecule has 0 radical (unpaired) electrons. The number of anilines is 1. The van der Waals surface area contributed by atoms with Gasteiger partial charge in [0.05, 0.1) is 17.1 Å². The number of thiazole rings is 1. The molecule has 132 valence electrons. The molecule has 0 bridgehead atoms. The molecule has 0 fully saturated rings. The van der Waals surface area contributed by atoms with Crippen LogP contribution in [-0.2, 0) is 6.42 Å². The fourth-order valence-electron chi connectivity index (χ4n) is 2.53. The lowest BCUT2D eigenvalue weighted by Gasteiger charge is -2.08. The maximum Gasteiger partial charge on any atom is 0.220 e. The van der Waals surface area contributed by atoms with Crippen molar-refractivity contribution >= 4 is 27.5 Å². The second kappa shape index (κ2) is 7.76. The van der Waals surface area contributed by atoms with Gasteiger partial charge in [0, 0.05) is 18.8 Å². The van der Waals surface area contributed by atoms with Crippen LogP contribution in [0.4, 0.5) is 5.82 Å². The van der Waals surface area contributed by atoms with Gasteiger partial charge in [-0.25, -0.2) is 19.9 Å². The van der Waals surface area contributed by atoms with Crippen LogP contribution in [0.1, 0.15) is 11.1 Å². The lowest BCUT2D eigenvalue weighted by Crippen LogP contribution is -2.07. The highest BCUT2D eigenvalue weighted by Gasteiger charge is 2.06. The van der Waals surface area contributed by atoms with Gasteiger partial charge in [-0.05, 0) is 30.2 Å². The molecule has 0 aliphatic carbocycles. The van der Waals surface area contributed by atoms with E-state index in [0.717, 1.165) is 34.7 Å². The Morgan fingerprint density at radius 1 is 1.07 bits per heavy atom. The molecule has 8 heteroatoms. The Bertz CT molecular complexity index is 1100. The van der Waals surface area contributed by atoms with Gasteiger partial charge in [0.1, 0.15) is 22.4 Å². The Morgan fingerprint density at radius 3 is 2.81 bits per heavy atom. The molecule has 4 rings (SSSR count). The van der Waals surface area contributed by atoms with Crippen molar-refractivity contribution in [2.75, 3.05) is 11.9 Å². The molecule has 0 amide bonds. The van der Waals surface area contributed by atoms with Crippen molar-refractivity contribution < 1.29 is 4.74 Å². The molecular formula is C19H14N6OS. The van der Waals surface area contributed by atoms with Crippen molar-refractivity contribution in [1.82, 2.24) is 19.9 Å². The smallest absolute Gasteiger partial charge is 0.220 e. The minimum atomic E-state index is 0.402. The van der Waals surface area contributed by atoms with Gasteiger partial charge in [-0.1, -0.05) is 12.1 Å². The third-order valence-corrected chi connectivity index (χ3v) is 4.58. The zero-order chi connectivity index (χ0) is 18.5. The van der Waals surface area contributed by atoms with Gasteiger partial charge in [-0.3, -0.25) is 0 Å². The minimum Gasteiger partial charge on any atom is -0.439 e. The number of nitrogens with zero attached hydrogens (tertiary/aromatic N) is 5. The van der Waals surface area contributed by atoms with Crippen LogP contribution in [0.25, 0.3) is 10.3 Å². The number of benzene rings is 1. The van der Waals surface area contributed by atoms with Crippen LogP contribution >= 0.6 is 11.3 Å². The van der Waals surface area contributed by atoms with E-state index in [4.69, 9.17) is 10.00 Å². The van der Waals surface area contributed by atoms with Gasteiger partial charge >= 0.3 is 0 Å². The molecule has 4 aromatic rings. The van der Waals surface area contributed by atoms with Crippen LogP contribution in [0.15, 0.2) is 54.4 Å². The van der Waals surface area contributed by atoms with Crippen molar-refractivity contribution in [3.63, 3.8) is 0 Å². The Balaban J connectivity index is 1.35. The third-order valence-electron chi connectivity index (χ3n) is 3.85. The first-order valence-electron chi connectivity index (χ1n) is 8.23. The fraction of sp³-hybridized carbons (Fsp3) is 0.105. The van der Waals surface area contributed by atoms with Crippen molar-refractivity contribution in [2.45, 2.75) is 6.42 Å². The molecule has 0 unspecified atom stereocenters. The lowest BCUT2D eigenvalue weighted by molar-refractivity contribution is 0.462. The summed E-state index contributed by atoms with van der Waals surface area (Å²) in [6.07, 6.45) is 3.93. The minimum absolute atomic E-state index is 0.402. The topological polar surface area (TPSA) is 96.6 Å². The lowest BCUT2D eigenvalue weighted by atomic mass is 10.1. The van der Waals surface area contributed by atoms with E-state index < -0.39 is 0 Å². The summed E-state index contributed by atoms with van der Waals surface area (Å²) >= 11 is 1.50. The summed E-state index contributed by atoms with van der Waals surface area (Å²) in [5, 5.41) is 12.2. The molecule has 0 saturated carbocycles. The highest BCUT2D eigenvalue weighted by atomic mass is 32.1. The first-order chi connectivity index (χ1) is 13.3. The van der Waals surface area contributed by atoms with Crippen molar-refractivity contribution in [3.8, 4) is 17.7 Å². The van der Waals surface area contributed by atoms with Gasteiger partial charge in [-0.2, -0.15) is 5.26 Å². The van der Waals surface area contributed by atoms with Crippen LogP contribution in [0.5, 0.6) is 11.6 Å². The molecule has 0 saturated heterocycles. The molecule has 0 aliphatic heterocycles. The second-order valence-electron chi connectivity index (χ2n) is 5.65. The zero-order valence-electron chi connectivity index (χ0n) is 14.2. The number of aromatic nitrogens is 4. The van der Waals surface area contributed by atoms with Gasteiger partial charge in [0.2, 0.25) is 5.88 Å². The number of fused-ring (bicyclic) bond motifs is 1. The Morgan fingerprint density at radius 2 is 1.96 bits per heavy atom. The monoisotopic (exact) mass is 374 g/mol. The number of pyridine rings is 1. The molecule has 1 aromatic carbocycles. The number of nitriles is 1. The first-order valence-corrected chi connectivity index (χ1v) is 9.11. The molecule has 0 aliphatic rings. The molecule has 7 nitrogen and oxygen atoms in total. The Labute approximate surface area is 159 Å². The summed E-state index contributed by atoms with van der Waals surface area (Å²) < 4.78 is 5.69. The van der Waals surface area contributed by atoms with Crippen LogP contribution in [0.3, 0.4) is 0 Å². The van der Waals surface area contributed by atoms with E-state index in [1.807, 2.05) is 24.3 Å². The molecule has 3 aromatic heterocycles. The summed E-state index contributed by atoms with van der Waals surface area (Å²) in [6.45, 7) is 0.732. The van der Waals surface area contributed by atoms with E-state index in [-0.39, 0.29) is 0 Å². The normalized spacial score (nSPS) is 10.5. The van der Waals surface area contributed by atoms with Gasteiger partial charge in [0.25, 0.3) is 0 Å². The summed E-state index contributed by atoms with van der Waals surface area (Å²) in [4.78, 5) is 17.7. The summed E-state index contributed by atoms with van der Waals surface area (Å²) in [7, 11) is 0. The predicted octanol–water partition coefficient (Wildman–Crippen LogP) is 3.80. The van der Waals surface area contributed by atoms with Crippen LogP contribution in [-0.4, -0.2) is 26.5 Å². The van der Waals surface area contributed by atoms with Gasteiger partial charge < -0.3 is 10.1 Å². The molecule has 27 heavy (non-hydrogen) atoms. The van der Waals surface area contributed by atoms with Crippen LogP contribution < -0.4 is 10.1 Å². The molecule has 0 spiro atoms. The van der Waals surface area contributed by atoms with E-state index in [9.17, 15) is 0 Å². The maximum absolute atomic E-state index is 8.92.